The van der Waals surface area contributed by atoms with Crippen LogP contribution >= 0.6 is 0 Å². The number of benzene rings is 3. The maximum Gasteiger partial charge on any atom is 0.416 e. The Labute approximate surface area is 179 Å². The van der Waals surface area contributed by atoms with Gasteiger partial charge in [-0.05, 0) is 43.3 Å². The molecule has 4 aromatic rings. The van der Waals surface area contributed by atoms with Crippen molar-refractivity contribution in [1.29, 1.82) is 0 Å². The van der Waals surface area contributed by atoms with Crippen molar-refractivity contribution < 1.29 is 32.6 Å². The molecule has 164 valence electrons. The number of hydrogen-bond donors (Lipinski definition) is 3. The van der Waals surface area contributed by atoms with Crippen molar-refractivity contribution in [3.05, 3.63) is 77.4 Å². The minimum atomic E-state index is -4.65. The Balaban J connectivity index is 1.94. The maximum absolute atomic E-state index is 13.2. The van der Waals surface area contributed by atoms with E-state index < -0.39 is 29.2 Å². The molecular weight excluding hydrogens is 425 g/mol. The molecule has 0 aliphatic rings. The van der Waals surface area contributed by atoms with Crippen molar-refractivity contribution >= 4 is 33.7 Å². The fourth-order valence-electron chi connectivity index (χ4n) is 3.69. The van der Waals surface area contributed by atoms with Crippen LogP contribution in [-0.2, 0) is 16.6 Å². The molecule has 1 aromatic heterocycles. The summed E-state index contributed by atoms with van der Waals surface area (Å²) in [6.07, 6.45) is -4.65. The molecule has 4 N–H and O–H groups in total. The lowest BCUT2D eigenvalue weighted by molar-refractivity contribution is -0.155. The number of primary amides is 1. The summed E-state index contributed by atoms with van der Waals surface area (Å²) in [5, 5.41) is 10.8. The summed E-state index contributed by atoms with van der Waals surface area (Å²) in [6, 6.07) is 13.7. The molecule has 0 spiro atoms. The molecule has 1 unspecified atom stereocenters. The van der Waals surface area contributed by atoms with E-state index in [4.69, 9.17) is 10.5 Å². The Bertz CT molecular complexity index is 1380. The number of ether oxygens (including phenoxy) is 1. The molecule has 1 atom stereocenters. The van der Waals surface area contributed by atoms with Crippen LogP contribution in [0.3, 0.4) is 0 Å². The average Bonchev–Trinajstić information content (AvgIpc) is 3.12. The Kier molecular flexibility index (Phi) is 4.84. The fraction of sp³-hybridized carbons (Fsp3) is 0.130. The van der Waals surface area contributed by atoms with Gasteiger partial charge in [-0.2, -0.15) is 13.2 Å². The molecule has 0 saturated heterocycles. The van der Waals surface area contributed by atoms with E-state index in [1.807, 2.05) is 0 Å². The van der Waals surface area contributed by atoms with E-state index in [0.717, 1.165) is 18.2 Å². The summed E-state index contributed by atoms with van der Waals surface area (Å²) in [4.78, 5) is 27.3. The first-order valence-corrected chi connectivity index (χ1v) is 9.46. The largest absolute Gasteiger partial charge is 0.478 e. The minimum Gasteiger partial charge on any atom is -0.478 e. The molecule has 4 rings (SSSR count). The van der Waals surface area contributed by atoms with Crippen LogP contribution in [0.5, 0.6) is 5.75 Å². The van der Waals surface area contributed by atoms with Crippen LogP contribution in [0, 0.1) is 0 Å². The van der Waals surface area contributed by atoms with E-state index in [-0.39, 0.29) is 16.9 Å². The Morgan fingerprint density at radius 1 is 0.938 bits per heavy atom. The van der Waals surface area contributed by atoms with Crippen molar-refractivity contribution in [3.63, 3.8) is 0 Å². The lowest BCUT2D eigenvalue weighted by Crippen LogP contribution is -2.38. The van der Waals surface area contributed by atoms with Crippen LogP contribution in [0.25, 0.3) is 21.8 Å². The van der Waals surface area contributed by atoms with Gasteiger partial charge in [-0.25, -0.2) is 4.79 Å². The van der Waals surface area contributed by atoms with Gasteiger partial charge in [0.15, 0.2) is 0 Å². The number of aromatic amines is 1. The van der Waals surface area contributed by atoms with Crippen LogP contribution < -0.4 is 10.5 Å². The van der Waals surface area contributed by atoms with Gasteiger partial charge in [0, 0.05) is 22.0 Å². The first-order chi connectivity index (χ1) is 15.0. The molecule has 0 saturated carbocycles. The van der Waals surface area contributed by atoms with Crippen LogP contribution in [-0.4, -0.2) is 22.0 Å². The van der Waals surface area contributed by atoms with E-state index >= 15 is 0 Å². The molecule has 0 aliphatic heterocycles. The van der Waals surface area contributed by atoms with Gasteiger partial charge in [0.1, 0.15) is 5.75 Å². The number of nitrogens with two attached hydrogens (primary N) is 1. The number of alkyl halides is 3. The van der Waals surface area contributed by atoms with Gasteiger partial charge < -0.3 is 20.6 Å². The van der Waals surface area contributed by atoms with Crippen LogP contribution in [0.2, 0.25) is 0 Å². The Hall–Kier alpha value is -4.01. The average molecular weight is 442 g/mol. The molecule has 9 heteroatoms. The van der Waals surface area contributed by atoms with Crippen molar-refractivity contribution in [2.45, 2.75) is 18.7 Å². The number of nitrogens with one attached hydrogen (secondary N) is 1. The number of aliphatic carboxylic acids is 1. The number of carboxylic acid groups (broad SMARTS) is 1. The fourth-order valence-corrected chi connectivity index (χ4v) is 3.69. The number of carboxylic acids is 1. The second kappa shape index (κ2) is 7.30. The lowest BCUT2D eigenvalue weighted by atomic mass is 9.93. The molecule has 6 nitrogen and oxygen atoms in total. The molecule has 0 bridgehead atoms. The highest BCUT2D eigenvalue weighted by molar-refractivity contribution is 6.19. The van der Waals surface area contributed by atoms with Gasteiger partial charge >= 0.3 is 12.1 Å². The van der Waals surface area contributed by atoms with E-state index in [1.165, 1.54) is 25.1 Å². The SMILES string of the molecule is CC(Oc1cccc2[nH]c3cccc(C(N)=O)c3c12)(C(=O)O)c1cccc(C(F)(F)F)c1. The minimum absolute atomic E-state index is 0.0739. The van der Waals surface area contributed by atoms with Crippen molar-refractivity contribution in [1.82, 2.24) is 4.98 Å². The number of hydrogen-bond acceptors (Lipinski definition) is 3. The molecule has 32 heavy (non-hydrogen) atoms. The molecular formula is C23H17F3N2O4. The van der Waals surface area contributed by atoms with Crippen LogP contribution in [0.1, 0.15) is 28.4 Å². The number of halogens is 3. The van der Waals surface area contributed by atoms with Gasteiger partial charge in [0.25, 0.3) is 0 Å². The highest BCUT2D eigenvalue weighted by atomic mass is 19.4. The van der Waals surface area contributed by atoms with Crippen molar-refractivity contribution in [3.8, 4) is 5.75 Å². The van der Waals surface area contributed by atoms with Gasteiger partial charge in [-0.1, -0.05) is 24.3 Å². The predicted molar refractivity (Wildman–Crippen MR) is 111 cm³/mol. The molecule has 3 aromatic carbocycles. The highest BCUT2D eigenvalue weighted by Crippen LogP contribution is 2.40. The smallest absolute Gasteiger partial charge is 0.416 e. The first-order valence-electron chi connectivity index (χ1n) is 9.46. The monoisotopic (exact) mass is 442 g/mol. The van der Waals surface area contributed by atoms with Crippen LogP contribution in [0.4, 0.5) is 13.2 Å². The van der Waals surface area contributed by atoms with Gasteiger partial charge in [-0.15, -0.1) is 0 Å². The molecule has 0 radical (unpaired) electrons. The van der Waals surface area contributed by atoms with Gasteiger partial charge in [0.2, 0.25) is 11.5 Å². The molecule has 0 fully saturated rings. The number of rotatable bonds is 5. The maximum atomic E-state index is 13.2. The van der Waals surface area contributed by atoms with Gasteiger partial charge in [-0.3, -0.25) is 4.79 Å². The number of H-pyrrole nitrogens is 1. The second-order valence-electron chi connectivity index (χ2n) is 7.42. The standard InChI is InChI=1S/C23H17F3N2O4/c1-22(21(30)31,12-5-2-6-13(11-12)23(24,25)26)32-17-10-4-9-16-19(17)18-14(20(27)29)7-3-8-15(18)28-16/h2-11,28H,1H3,(H2,27,29)(H,30,31). The van der Waals surface area contributed by atoms with E-state index in [9.17, 15) is 27.9 Å². The molecule has 1 amide bonds. The second-order valence-corrected chi connectivity index (χ2v) is 7.42. The summed E-state index contributed by atoms with van der Waals surface area (Å²) in [7, 11) is 0. The normalized spacial score (nSPS) is 13.8. The third kappa shape index (κ3) is 3.41. The number of fused-ring (bicyclic) bond motifs is 3. The topological polar surface area (TPSA) is 105 Å². The summed E-state index contributed by atoms with van der Waals surface area (Å²) in [5.74, 6) is -2.10. The van der Waals surface area contributed by atoms with Crippen LogP contribution in [0.15, 0.2) is 60.7 Å². The van der Waals surface area contributed by atoms with Gasteiger partial charge in [0.05, 0.1) is 16.5 Å². The molecule has 1 heterocycles. The first kappa shape index (κ1) is 21.2. The number of carbonyl (C=O) groups excluding carboxylic acids is 1. The summed E-state index contributed by atoms with van der Waals surface area (Å²) in [6.45, 7) is 1.17. The van der Waals surface area contributed by atoms with E-state index in [0.29, 0.717) is 21.8 Å². The number of carbonyl (C=O) groups is 2. The molecule has 0 aliphatic carbocycles. The Morgan fingerprint density at radius 3 is 2.16 bits per heavy atom. The van der Waals surface area contributed by atoms with E-state index in [2.05, 4.69) is 4.98 Å². The zero-order chi connectivity index (χ0) is 23.3. The summed E-state index contributed by atoms with van der Waals surface area (Å²) in [5.41, 5.74) is 3.49. The van der Waals surface area contributed by atoms with Crippen molar-refractivity contribution in [2.75, 3.05) is 0 Å². The Morgan fingerprint density at radius 2 is 1.53 bits per heavy atom. The lowest BCUT2D eigenvalue weighted by Gasteiger charge is -2.28. The number of amides is 1. The predicted octanol–water partition coefficient (Wildman–Crippen LogP) is 4.82. The van der Waals surface area contributed by atoms with E-state index in [1.54, 1.807) is 24.3 Å². The third-order valence-electron chi connectivity index (χ3n) is 5.34. The summed E-state index contributed by atoms with van der Waals surface area (Å²) < 4.78 is 45.5. The summed E-state index contributed by atoms with van der Waals surface area (Å²) >= 11 is 0. The van der Waals surface area contributed by atoms with Crippen molar-refractivity contribution in [2.24, 2.45) is 5.73 Å². The third-order valence-corrected chi connectivity index (χ3v) is 5.34. The number of aromatic nitrogens is 1. The zero-order valence-electron chi connectivity index (χ0n) is 16.7. The zero-order valence-corrected chi connectivity index (χ0v) is 16.7. The highest BCUT2D eigenvalue weighted by Gasteiger charge is 2.40. The quantitative estimate of drug-likeness (QED) is 0.412.